The van der Waals surface area contributed by atoms with E-state index in [0.717, 1.165) is 5.56 Å². The summed E-state index contributed by atoms with van der Waals surface area (Å²) in [6, 6.07) is 7.46. The van der Waals surface area contributed by atoms with Crippen LogP contribution in [0.5, 0.6) is 0 Å². The normalized spacial score (nSPS) is 12.4. The summed E-state index contributed by atoms with van der Waals surface area (Å²) in [5.41, 5.74) is 0.986. The molecule has 0 saturated heterocycles. The molecule has 1 N–H and O–H groups in total. The number of aryl methyl sites for hydroxylation is 1. The SMILES string of the molecule is O=C(O)C(Br)CCc1ccccc1Cl. The second-order valence-corrected chi connectivity index (χ2v) is 4.45. The van der Waals surface area contributed by atoms with Gasteiger partial charge < -0.3 is 5.11 Å². The Morgan fingerprint density at radius 3 is 2.71 bits per heavy atom. The summed E-state index contributed by atoms with van der Waals surface area (Å²) >= 11 is 9.01. The van der Waals surface area contributed by atoms with Gasteiger partial charge in [-0.05, 0) is 24.5 Å². The lowest BCUT2D eigenvalue weighted by Gasteiger charge is -2.05. The van der Waals surface area contributed by atoms with Gasteiger partial charge in [0.05, 0.1) is 0 Å². The summed E-state index contributed by atoms with van der Waals surface area (Å²) in [4.78, 5) is 10.0. The molecule has 1 atom stereocenters. The first-order valence-electron chi connectivity index (χ1n) is 4.21. The molecular formula is C10H10BrClO2. The fourth-order valence-electron chi connectivity index (χ4n) is 1.11. The third kappa shape index (κ3) is 3.31. The smallest absolute Gasteiger partial charge is 0.317 e. The largest absolute Gasteiger partial charge is 0.480 e. The maximum Gasteiger partial charge on any atom is 0.317 e. The first kappa shape index (κ1) is 11.5. The number of carboxylic acid groups (broad SMARTS) is 1. The van der Waals surface area contributed by atoms with Gasteiger partial charge in [-0.3, -0.25) is 4.79 Å². The van der Waals surface area contributed by atoms with E-state index in [0.29, 0.717) is 17.9 Å². The summed E-state index contributed by atoms with van der Waals surface area (Å²) in [6.07, 6.45) is 1.21. The van der Waals surface area contributed by atoms with Crippen molar-refractivity contribution >= 4 is 33.5 Å². The van der Waals surface area contributed by atoms with E-state index >= 15 is 0 Å². The van der Waals surface area contributed by atoms with Gasteiger partial charge in [0.1, 0.15) is 4.83 Å². The zero-order chi connectivity index (χ0) is 10.6. The van der Waals surface area contributed by atoms with Crippen LogP contribution in [-0.2, 0) is 11.2 Å². The number of carboxylic acids is 1. The molecule has 76 valence electrons. The second kappa shape index (κ2) is 5.37. The van der Waals surface area contributed by atoms with Crippen LogP contribution in [0.4, 0.5) is 0 Å². The van der Waals surface area contributed by atoms with Crippen molar-refractivity contribution in [3.63, 3.8) is 0 Å². The van der Waals surface area contributed by atoms with E-state index in [2.05, 4.69) is 15.9 Å². The van der Waals surface area contributed by atoms with Crippen LogP contribution >= 0.6 is 27.5 Å². The van der Waals surface area contributed by atoms with Crippen molar-refractivity contribution in [2.75, 3.05) is 0 Å². The number of halogens is 2. The number of alkyl halides is 1. The maximum absolute atomic E-state index is 10.5. The van der Waals surface area contributed by atoms with E-state index in [1.807, 2.05) is 18.2 Å². The number of aliphatic carboxylic acids is 1. The Hall–Kier alpha value is -0.540. The van der Waals surface area contributed by atoms with Crippen LogP contribution in [0.25, 0.3) is 0 Å². The molecule has 14 heavy (non-hydrogen) atoms. The summed E-state index contributed by atoms with van der Waals surface area (Å²) in [5, 5.41) is 9.34. The third-order valence-electron chi connectivity index (χ3n) is 1.89. The van der Waals surface area contributed by atoms with E-state index in [1.54, 1.807) is 6.07 Å². The van der Waals surface area contributed by atoms with Gasteiger partial charge in [-0.2, -0.15) is 0 Å². The van der Waals surface area contributed by atoms with Crippen molar-refractivity contribution in [2.24, 2.45) is 0 Å². The molecule has 1 unspecified atom stereocenters. The van der Waals surface area contributed by atoms with E-state index in [4.69, 9.17) is 16.7 Å². The Morgan fingerprint density at radius 2 is 2.14 bits per heavy atom. The van der Waals surface area contributed by atoms with Crippen molar-refractivity contribution in [1.82, 2.24) is 0 Å². The molecule has 1 aromatic carbocycles. The molecule has 0 bridgehead atoms. The quantitative estimate of drug-likeness (QED) is 0.859. The van der Waals surface area contributed by atoms with E-state index in [9.17, 15) is 4.79 Å². The summed E-state index contributed by atoms with van der Waals surface area (Å²) < 4.78 is 0. The van der Waals surface area contributed by atoms with Gasteiger partial charge in [-0.15, -0.1) is 0 Å². The Morgan fingerprint density at radius 1 is 1.50 bits per heavy atom. The molecule has 0 amide bonds. The summed E-state index contributed by atoms with van der Waals surface area (Å²) in [5.74, 6) is -0.836. The molecule has 4 heteroatoms. The molecular weight excluding hydrogens is 267 g/mol. The van der Waals surface area contributed by atoms with E-state index in [1.165, 1.54) is 0 Å². The molecule has 0 spiro atoms. The maximum atomic E-state index is 10.5. The Kier molecular flexibility index (Phi) is 4.42. The highest BCUT2D eigenvalue weighted by molar-refractivity contribution is 9.10. The highest BCUT2D eigenvalue weighted by atomic mass is 79.9. The summed E-state index contributed by atoms with van der Waals surface area (Å²) in [6.45, 7) is 0. The van der Waals surface area contributed by atoms with Gasteiger partial charge in [-0.1, -0.05) is 45.7 Å². The average molecular weight is 278 g/mol. The molecule has 0 aliphatic rings. The number of rotatable bonds is 4. The topological polar surface area (TPSA) is 37.3 Å². The Bertz CT molecular complexity index is 328. The lowest BCUT2D eigenvalue weighted by molar-refractivity contribution is -0.136. The number of carbonyl (C=O) groups is 1. The average Bonchev–Trinajstić information content (AvgIpc) is 2.16. The minimum absolute atomic E-state index is 0.501. The lowest BCUT2D eigenvalue weighted by atomic mass is 10.1. The van der Waals surface area contributed by atoms with Gasteiger partial charge in [0.2, 0.25) is 0 Å². The zero-order valence-electron chi connectivity index (χ0n) is 7.41. The first-order valence-corrected chi connectivity index (χ1v) is 5.51. The molecule has 1 rings (SSSR count). The van der Waals surface area contributed by atoms with Crippen LogP contribution in [0.15, 0.2) is 24.3 Å². The molecule has 0 saturated carbocycles. The first-order chi connectivity index (χ1) is 6.61. The van der Waals surface area contributed by atoms with Crippen LogP contribution < -0.4 is 0 Å². The second-order valence-electron chi connectivity index (χ2n) is 2.94. The molecule has 0 aliphatic heterocycles. The van der Waals surface area contributed by atoms with Gasteiger partial charge in [0.25, 0.3) is 0 Å². The van der Waals surface area contributed by atoms with Gasteiger partial charge in [0, 0.05) is 5.02 Å². The standard InChI is InChI=1S/C10H10BrClO2/c11-8(10(13)14)6-5-7-3-1-2-4-9(7)12/h1-4,8H,5-6H2,(H,13,14). The van der Waals surface area contributed by atoms with Crippen molar-refractivity contribution < 1.29 is 9.90 Å². The molecule has 2 nitrogen and oxygen atoms in total. The Balaban J connectivity index is 2.54. The third-order valence-corrected chi connectivity index (χ3v) is 3.11. The fourth-order valence-corrected chi connectivity index (χ4v) is 1.57. The van der Waals surface area contributed by atoms with Crippen LogP contribution in [-0.4, -0.2) is 15.9 Å². The van der Waals surface area contributed by atoms with E-state index in [-0.39, 0.29) is 0 Å². The summed E-state index contributed by atoms with van der Waals surface area (Å²) in [7, 11) is 0. The van der Waals surface area contributed by atoms with Crippen molar-refractivity contribution in [3.8, 4) is 0 Å². The van der Waals surface area contributed by atoms with Gasteiger partial charge in [0.15, 0.2) is 0 Å². The molecule has 0 fully saturated rings. The molecule has 0 radical (unpaired) electrons. The minimum Gasteiger partial charge on any atom is -0.480 e. The van der Waals surface area contributed by atoms with Crippen molar-refractivity contribution in [1.29, 1.82) is 0 Å². The number of benzene rings is 1. The van der Waals surface area contributed by atoms with Crippen LogP contribution in [0.2, 0.25) is 5.02 Å². The monoisotopic (exact) mass is 276 g/mol. The Labute approximate surface area is 96.0 Å². The minimum atomic E-state index is -0.836. The predicted molar refractivity (Wildman–Crippen MR) is 60.1 cm³/mol. The molecule has 0 heterocycles. The van der Waals surface area contributed by atoms with Crippen molar-refractivity contribution in [2.45, 2.75) is 17.7 Å². The van der Waals surface area contributed by atoms with E-state index < -0.39 is 10.8 Å². The molecule has 0 aromatic heterocycles. The van der Waals surface area contributed by atoms with Crippen LogP contribution in [0.1, 0.15) is 12.0 Å². The number of hydrogen-bond donors (Lipinski definition) is 1. The molecule has 1 aromatic rings. The zero-order valence-corrected chi connectivity index (χ0v) is 9.75. The van der Waals surface area contributed by atoms with Gasteiger partial charge in [-0.25, -0.2) is 0 Å². The van der Waals surface area contributed by atoms with Crippen LogP contribution in [0.3, 0.4) is 0 Å². The predicted octanol–water partition coefficient (Wildman–Crippen LogP) is 3.12. The van der Waals surface area contributed by atoms with Gasteiger partial charge >= 0.3 is 5.97 Å². The fraction of sp³-hybridized carbons (Fsp3) is 0.300. The van der Waals surface area contributed by atoms with Crippen LogP contribution in [0, 0.1) is 0 Å². The highest BCUT2D eigenvalue weighted by Gasteiger charge is 2.13. The molecule has 0 aliphatic carbocycles. The lowest BCUT2D eigenvalue weighted by Crippen LogP contribution is -2.13. The highest BCUT2D eigenvalue weighted by Crippen LogP contribution is 2.18. The number of hydrogen-bond acceptors (Lipinski definition) is 1. The van der Waals surface area contributed by atoms with Crippen molar-refractivity contribution in [3.05, 3.63) is 34.9 Å².